The minimum atomic E-state index is -5.08. The van der Waals surface area contributed by atoms with Crippen molar-refractivity contribution in [3.05, 3.63) is 54.1 Å². The molecular formula is C29H35F3N4O6S2. The maximum Gasteiger partial charge on any atom is 0.490 e. The predicted molar refractivity (Wildman–Crippen MR) is 159 cm³/mol. The van der Waals surface area contributed by atoms with Gasteiger partial charge in [0.2, 0.25) is 11.8 Å². The Bertz CT molecular complexity index is 1460. The molecule has 3 atom stereocenters. The molecule has 0 aliphatic heterocycles. The Hall–Kier alpha value is -3.77. The molecule has 1 aliphatic rings. The normalized spacial score (nSPS) is 18.0. The van der Waals surface area contributed by atoms with E-state index in [9.17, 15) is 31.2 Å². The number of carboxylic acids is 1. The molecule has 44 heavy (non-hydrogen) atoms. The van der Waals surface area contributed by atoms with Crippen molar-refractivity contribution >= 4 is 45.1 Å². The van der Waals surface area contributed by atoms with E-state index in [1.807, 2.05) is 49.3 Å². The van der Waals surface area contributed by atoms with Crippen LogP contribution in [0.4, 0.5) is 18.9 Å². The molecule has 2 aromatic carbocycles. The molecule has 240 valence electrons. The van der Waals surface area contributed by atoms with Gasteiger partial charge in [-0.05, 0) is 67.6 Å². The quantitative estimate of drug-likeness (QED) is 0.252. The number of nitrogens with one attached hydrogen (secondary N) is 1. The topological polar surface area (TPSA) is 171 Å². The largest absolute Gasteiger partial charge is 0.490 e. The van der Waals surface area contributed by atoms with Gasteiger partial charge < -0.3 is 21.1 Å². The third-order valence-corrected chi connectivity index (χ3v) is 10.4. The monoisotopic (exact) mass is 656 g/mol. The highest BCUT2D eigenvalue weighted by atomic mass is 32.2. The van der Waals surface area contributed by atoms with Crippen LogP contribution in [0.1, 0.15) is 38.2 Å². The van der Waals surface area contributed by atoms with Crippen LogP contribution in [0.2, 0.25) is 0 Å². The number of halogens is 3. The van der Waals surface area contributed by atoms with E-state index >= 15 is 0 Å². The number of amides is 2. The highest BCUT2D eigenvalue weighted by Gasteiger charge is 2.38. The number of carbonyl (C=O) groups is 3. The first kappa shape index (κ1) is 36.4. The number of anilines is 1. The Morgan fingerprint density at radius 3 is 2.09 bits per heavy atom. The van der Waals surface area contributed by atoms with Crippen molar-refractivity contribution in [1.82, 2.24) is 5.32 Å². The number of nitriles is 1. The molecule has 0 radical (unpaired) electrons. The number of hydrogen-bond acceptors (Lipinski definition) is 8. The van der Waals surface area contributed by atoms with Crippen molar-refractivity contribution in [2.24, 2.45) is 17.6 Å². The van der Waals surface area contributed by atoms with E-state index in [1.165, 1.54) is 11.8 Å². The van der Waals surface area contributed by atoms with Crippen LogP contribution in [-0.4, -0.2) is 63.9 Å². The molecule has 2 amide bonds. The summed E-state index contributed by atoms with van der Waals surface area (Å²) in [5, 5.41) is 18.4. The molecule has 0 bridgehead atoms. The van der Waals surface area contributed by atoms with E-state index in [-0.39, 0.29) is 29.0 Å². The number of hydrogen-bond donors (Lipinski definition) is 3. The number of aliphatic carboxylic acids is 1. The average Bonchev–Trinajstić information content (AvgIpc) is 2.96. The second-order valence-corrected chi connectivity index (χ2v) is 14.0. The Morgan fingerprint density at radius 1 is 1.07 bits per heavy atom. The predicted octanol–water partition coefficient (Wildman–Crippen LogP) is 4.10. The van der Waals surface area contributed by atoms with Crippen LogP contribution >= 0.6 is 11.8 Å². The molecule has 1 aliphatic carbocycles. The summed E-state index contributed by atoms with van der Waals surface area (Å²) >= 11 is 1.27. The van der Waals surface area contributed by atoms with Crippen LogP contribution in [0.15, 0.2) is 58.3 Å². The van der Waals surface area contributed by atoms with Gasteiger partial charge in [0.1, 0.15) is 11.3 Å². The summed E-state index contributed by atoms with van der Waals surface area (Å²) in [6, 6.07) is 15.9. The maximum atomic E-state index is 13.2. The highest BCUT2D eigenvalue weighted by molar-refractivity contribution is 8.01. The van der Waals surface area contributed by atoms with E-state index < -0.39 is 38.6 Å². The van der Waals surface area contributed by atoms with Gasteiger partial charge in [0.25, 0.3) is 0 Å². The average molecular weight is 657 g/mol. The number of carboxylic acid groups (broad SMARTS) is 1. The number of benzene rings is 2. The second-order valence-electron chi connectivity index (χ2n) is 10.5. The summed E-state index contributed by atoms with van der Waals surface area (Å²) in [5.74, 6) is -4.34. The first-order valence-electron chi connectivity index (χ1n) is 13.5. The zero-order chi connectivity index (χ0) is 33.3. The van der Waals surface area contributed by atoms with Crippen molar-refractivity contribution in [2.45, 2.75) is 53.3 Å². The Labute approximate surface area is 258 Å². The SMILES string of the molecule is CN(C)c1ccc(C(C)(Sc2ccc(S(=O)(=O)C[C@H]3CCCC[C@@H]3C(=O)NCC#N)cc2)C(N)=O)cc1.O=C(O)C(F)(F)F. The van der Waals surface area contributed by atoms with Crippen LogP contribution in [-0.2, 0) is 29.0 Å². The van der Waals surface area contributed by atoms with Crippen LogP contribution in [0, 0.1) is 23.2 Å². The Kier molecular flexibility index (Phi) is 12.7. The number of nitrogens with zero attached hydrogens (tertiary/aromatic N) is 2. The third kappa shape index (κ3) is 9.88. The fraction of sp³-hybridized carbons (Fsp3) is 0.448. The van der Waals surface area contributed by atoms with E-state index in [1.54, 1.807) is 31.2 Å². The molecule has 0 aromatic heterocycles. The lowest BCUT2D eigenvalue weighted by Crippen LogP contribution is -2.39. The van der Waals surface area contributed by atoms with Crippen molar-refractivity contribution < 1.29 is 41.1 Å². The lowest BCUT2D eigenvalue weighted by molar-refractivity contribution is -0.192. The summed E-state index contributed by atoms with van der Waals surface area (Å²) in [5.41, 5.74) is 7.56. The van der Waals surface area contributed by atoms with Gasteiger partial charge in [-0.1, -0.05) is 25.0 Å². The molecule has 4 N–H and O–H groups in total. The second kappa shape index (κ2) is 15.3. The van der Waals surface area contributed by atoms with Gasteiger partial charge in [-0.3, -0.25) is 9.59 Å². The van der Waals surface area contributed by atoms with Crippen LogP contribution < -0.4 is 16.0 Å². The molecule has 0 spiro atoms. The molecule has 0 saturated heterocycles. The molecule has 0 heterocycles. The summed E-state index contributed by atoms with van der Waals surface area (Å²) < 4.78 is 57.1. The van der Waals surface area contributed by atoms with E-state index in [4.69, 9.17) is 20.9 Å². The Morgan fingerprint density at radius 2 is 1.61 bits per heavy atom. The van der Waals surface area contributed by atoms with Gasteiger partial charge in [-0.2, -0.15) is 18.4 Å². The van der Waals surface area contributed by atoms with Gasteiger partial charge in [-0.25, -0.2) is 13.2 Å². The molecule has 2 aromatic rings. The third-order valence-electron chi connectivity index (χ3n) is 7.17. The molecule has 1 fully saturated rings. The first-order valence-corrected chi connectivity index (χ1v) is 15.9. The molecular weight excluding hydrogens is 621 g/mol. The lowest BCUT2D eigenvalue weighted by Gasteiger charge is -2.30. The van der Waals surface area contributed by atoms with Gasteiger partial charge in [-0.15, -0.1) is 11.8 Å². The summed E-state index contributed by atoms with van der Waals surface area (Å²) in [6.07, 6.45) is -2.07. The summed E-state index contributed by atoms with van der Waals surface area (Å²) in [7, 11) is 0.231. The van der Waals surface area contributed by atoms with Gasteiger partial charge in [0.05, 0.1) is 16.7 Å². The van der Waals surface area contributed by atoms with E-state index in [0.29, 0.717) is 17.7 Å². The first-order chi connectivity index (χ1) is 20.4. The number of alkyl halides is 3. The molecule has 3 rings (SSSR count). The van der Waals surface area contributed by atoms with Crippen molar-refractivity contribution in [3.8, 4) is 6.07 Å². The molecule has 1 saturated carbocycles. The van der Waals surface area contributed by atoms with Gasteiger partial charge in [0.15, 0.2) is 9.84 Å². The van der Waals surface area contributed by atoms with Crippen molar-refractivity contribution in [2.75, 3.05) is 31.3 Å². The summed E-state index contributed by atoms with van der Waals surface area (Å²) in [6.45, 7) is 1.67. The lowest BCUT2D eigenvalue weighted by atomic mass is 9.80. The summed E-state index contributed by atoms with van der Waals surface area (Å²) in [4.78, 5) is 36.7. The van der Waals surface area contributed by atoms with Crippen LogP contribution in [0.25, 0.3) is 0 Å². The Balaban J connectivity index is 0.000000860. The van der Waals surface area contributed by atoms with E-state index in [0.717, 1.165) is 24.1 Å². The zero-order valence-electron chi connectivity index (χ0n) is 24.4. The van der Waals surface area contributed by atoms with Crippen LogP contribution in [0.3, 0.4) is 0 Å². The number of primary amides is 1. The number of sulfone groups is 1. The zero-order valence-corrected chi connectivity index (χ0v) is 26.1. The fourth-order valence-corrected chi connectivity index (χ4v) is 7.47. The smallest absolute Gasteiger partial charge is 0.475 e. The number of nitrogens with two attached hydrogens (primary N) is 1. The van der Waals surface area contributed by atoms with Crippen LogP contribution in [0.5, 0.6) is 0 Å². The number of thioether (sulfide) groups is 1. The van der Waals surface area contributed by atoms with Gasteiger partial charge >= 0.3 is 12.1 Å². The highest BCUT2D eigenvalue weighted by Crippen LogP contribution is 2.42. The molecule has 10 nitrogen and oxygen atoms in total. The fourth-order valence-electron chi connectivity index (χ4n) is 4.67. The van der Waals surface area contributed by atoms with Crippen molar-refractivity contribution in [3.63, 3.8) is 0 Å². The molecule has 15 heteroatoms. The minimum Gasteiger partial charge on any atom is -0.475 e. The van der Waals surface area contributed by atoms with Gasteiger partial charge in [0, 0.05) is 30.6 Å². The number of rotatable bonds is 10. The minimum absolute atomic E-state index is 0.0854. The van der Waals surface area contributed by atoms with E-state index in [2.05, 4.69) is 5.32 Å². The maximum absolute atomic E-state index is 13.2. The number of carbonyl (C=O) groups excluding carboxylic acids is 2. The molecule has 1 unspecified atom stereocenters. The standard InChI is InChI=1S/C27H34N4O4S2.C2HF3O2/c1-27(26(29)33,20-8-10-21(11-9-20)31(2)3)36-22-12-14-23(15-13-22)37(34,35)18-19-6-4-5-7-24(19)25(32)30-17-16-28;3-2(4,5)1(6)7/h8-15,19,24H,4-7,17-18H2,1-3H3,(H2,29,33)(H,30,32);(H,6,7)/t19-,24+,27?;/m1./s1. The van der Waals surface area contributed by atoms with Crippen molar-refractivity contribution in [1.29, 1.82) is 5.26 Å².